The molecule has 1 aromatic rings. The monoisotopic (exact) mass is 298 g/mol. The SMILES string of the molecule is CCC(CNC)CNCCc1cccc(Br)c1. The number of hydrogen-bond acceptors (Lipinski definition) is 2. The first-order valence-electron chi connectivity index (χ1n) is 6.36. The molecule has 0 aromatic heterocycles. The van der Waals surface area contributed by atoms with Crippen LogP contribution >= 0.6 is 15.9 Å². The third-order valence-electron chi connectivity index (χ3n) is 2.98. The molecule has 17 heavy (non-hydrogen) atoms. The van der Waals surface area contributed by atoms with Gasteiger partial charge in [-0.05, 0) is 56.7 Å². The molecule has 0 spiro atoms. The Hall–Kier alpha value is -0.380. The maximum atomic E-state index is 3.53. The van der Waals surface area contributed by atoms with Crippen LogP contribution in [-0.4, -0.2) is 26.7 Å². The fourth-order valence-electron chi connectivity index (χ4n) is 1.88. The molecule has 96 valence electrons. The summed E-state index contributed by atoms with van der Waals surface area (Å²) in [5.41, 5.74) is 1.38. The van der Waals surface area contributed by atoms with E-state index in [9.17, 15) is 0 Å². The minimum absolute atomic E-state index is 0.738. The highest BCUT2D eigenvalue weighted by atomic mass is 79.9. The molecule has 0 saturated carbocycles. The van der Waals surface area contributed by atoms with Gasteiger partial charge in [0.05, 0.1) is 0 Å². The van der Waals surface area contributed by atoms with Gasteiger partial charge in [-0.2, -0.15) is 0 Å². The minimum Gasteiger partial charge on any atom is -0.319 e. The molecule has 0 radical (unpaired) electrons. The van der Waals surface area contributed by atoms with E-state index in [0.717, 1.165) is 36.4 Å². The van der Waals surface area contributed by atoms with Gasteiger partial charge in [0, 0.05) is 4.47 Å². The lowest BCUT2D eigenvalue weighted by Crippen LogP contribution is -2.30. The van der Waals surface area contributed by atoms with E-state index in [1.807, 2.05) is 7.05 Å². The Bertz CT molecular complexity index is 315. The van der Waals surface area contributed by atoms with Gasteiger partial charge in [-0.25, -0.2) is 0 Å². The van der Waals surface area contributed by atoms with Crippen molar-refractivity contribution in [2.75, 3.05) is 26.7 Å². The fourth-order valence-corrected chi connectivity index (χ4v) is 2.33. The van der Waals surface area contributed by atoms with Crippen molar-refractivity contribution in [3.63, 3.8) is 0 Å². The van der Waals surface area contributed by atoms with Gasteiger partial charge < -0.3 is 10.6 Å². The molecule has 1 aromatic carbocycles. The molecule has 2 N–H and O–H groups in total. The van der Waals surface area contributed by atoms with Gasteiger partial charge in [0.15, 0.2) is 0 Å². The number of hydrogen-bond donors (Lipinski definition) is 2. The van der Waals surface area contributed by atoms with Crippen LogP contribution < -0.4 is 10.6 Å². The predicted molar refractivity (Wildman–Crippen MR) is 78.4 cm³/mol. The summed E-state index contributed by atoms with van der Waals surface area (Å²) in [6.45, 7) is 5.50. The first kappa shape index (κ1) is 14.7. The molecule has 0 aliphatic carbocycles. The second-order valence-corrected chi connectivity index (χ2v) is 5.33. The van der Waals surface area contributed by atoms with E-state index in [1.165, 1.54) is 12.0 Å². The van der Waals surface area contributed by atoms with Crippen molar-refractivity contribution in [2.45, 2.75) is 19.8 Å². The molecule has 0 saturated heterocycles. The lowest BCUT2D eigenvalue weighted by atomic mass is 10.1. The molecular formula is C14H23BrN2. The highest BCUT2D eigenvalue weighted by Gasteiger charge is 2.03. The van der Waals surface area contributed by atoms with E-state index in [1.54, 1.807) is 0 Å². The average molecular weight is 299 g/mol. The predicted octanol–water partition coefficient (Wildman–Crippen LogP) is 2.83. The maximum absolute atomic E-state index is 3.53. The summed E-state index contributed by atoms with van der Waals surface area (Å²) in [5, 5.41) is 6.77. The van der Waals surface area contributed by atoms with E-state index >= 15 is 0 Å². The zero-order valence-corrected chi connectivity index (χ0v) is 12.4. The van der Waals surface area contributed by atoms with E-state index in [-0.39, 0.29) is 0 Å². The summed E-state index contributed by atoms with van der Waals surface area (Å²) < 4.78 is 1.16. The van der Waals surface area contributed by atoms with Gasteiger partial charge in [0.2, 0.25) is 0 Å². The quantitative estimate of drug-likeness (QED) is 0.721. The Kier molecular flexibility index (Phi) is 7.49. The van der Waals surface area contributed by atoms with Crippen LogP contribution in [0.1, 0.15) is 18.9 Å². The molecular weight excluding hydrogens is 276 g/mol. The number of benzene rings is 1. The van der Waals surface area contributed by atoms with Crippen molar-refractivity contribution in [2.24, 2.45) is 5.92 Å². The van der Waals surface area contributed by atoms with Crippen molar-refractivity contribution >= 4 is 15.9 Å². The lowest BCUT2D eigenvalue weighted by molar-refractivity contribution is 0.447. The van der Waals surface area contributed by atoms with Crippen LogP contribution in [0.25, 0.3) is 0 Å². The Labute approximate surface area is 113 Å². The van der Waals surface area contributed by atoms with Crippen molar-refractivity contribution in [3.05, 3.63) is 34.3 Å². The molecule has 0 heterocycles. The third-order valence-corrected chi connectivity index (χ3v) is 3.48. The molecule has 0 fully saturated rings. The second kappa shape index (κ2) is 8.67. The molecule has 1 rings (SSSR count). The topological polar surface area (TPSA) is 24.1 Å². The molecule has 3 heteroatoms. The highest BCUT2D eigenvalue weighted by molar-refractivity contribution is 9.10. The summed E-state index contributed by atoms with van der Waals surface area (Å²) in [6, 6.07) is 8.52. The normalized spacial score (nSPS) is 12.6. The Morgan fingerprint density at radius 1 is 1.29 bits per heavy atom. The molecule has 0 aliphatic heterocycles. The van der Waals surface area contributed by atoms with Crippen LogP contribution in [0.3, 0.4) is 0 Å². The Balaban J connectivity index is 2.19. The summed E-state index contributed by atoms with van der Waals surface area (Å²) in [7, 11) is 2.02. The zero-order valence-electron chi connectivity index (χ0n) is 10.8. The Morgan fingerprint density at radius 3 is 2.76 bits per heavy atom. The molecule has 0 bridgehead atoms. The molecule has 2 nitrogen and oxygen atoms in total. The molecule has 0 aliphatic rings. The number of rotatable bonds is 8. The fraction of sp³-hybridized carbons (Fsp3) is 0.571. The van der Waals surface area contributed by atoms with Crippen LogP contribution in [0.15, 0.2) is 28.7 Å². The largest absolute Gasteiger partial charge is 0.319 e. The van der Waals surface area contributed by atoms with Crippen LogP contribution in [-0.2, 0) is 6.42 Å². The van der Waals surface area contributed by atoms with Crippen molar-refractivity contribution in [1.82, 2.24) is 10.6 Å². The van der Waals surface area contributed by atoms with Crippen molar-refractivity contribution in [3.8, 4) is 0 Å². The first-order valence-corrected chi connectivity index (χ1v) is 7.15. The van der Waals surface area contributed by atoms with Gasteiger partial charge in [-0.1, -0.05) is 41.4 Å². The van der Waals surface area contributed by atoms with Gasteiger partial charge in [0.1, 0.15) is 0 Å². The molecule has 1 atom stereocenters. The average Bonchev–Trinajstić information content (AvgIpc) is 2.33. The van der Waals surface area contributed by atoms with Crippen LogP contribution in [0.4, 0.5) is 0 Å². The van der Waals surface area contributed by atoms with Gasteiger partial charge in [0.25, 0.3) is 0 Å². The van der Waals surface area contributed by atoms with E-state index in [4.69, 9.17) is 0 Å². The smallest absolute Gasteiger partial charge is 0.0178 e. The Morgan fingerprint density at radius 2 is 2.12 bits per heavy atom. The van der Waals surface area contributed by atoms with Gasteiger partial charge in [-0.15, -0.1) is 0 Å². The van der Waals surface area contributed by atoms with Crippen molar-refractivity contribution < 1.29 is 0 Å². The number of halogens is 1. The minimum atomic E-state index is 0.738. The summed E-state index contributed by atoms with van der Waals surface area (Å²) in [5.74, 6) is 0.738. The first-order chi connectivity index (χ1) is 8.26. The van der Waals surface area contributed by atoms with E-state index in [0.29, 0.717) is 0 Å². The highest BCUT2D eigenvalue weighted by Crippen LogP contribution is 2.11. The molecule has 0 amide bonds. The standard InChI is InChI=1S/C14H23BrN2/c1-3-12(10-16-2)11-17-8-7-13-5-4-6-14(15)9-13/h4-6,9,12,16-17H,3,7-8,10-11H2,1-2H3. The van der Waals surface area contributed by atoms with Crippen LogP contribution in [0.2, 0.25) is 0 Å². The van der Waals surface area contributed by atoms with E-state index < -0.39 is 0 Å². The lowest BCUT2D eigenvalue weighted by Gasteiger charge is -2.15. The summed E-state index contributed by atoms with van der Waals surface area (Å²) >= 11 is 3.50. The second-order valence-electron chi connectivity index (χ2n) is 4.42. The van der Waals surface area contributed by atoms with Crippen LogP contribution in [0, 0.1) is 5.92 Å². The number of nitrogens with one attached hydrogen (secondary N) is 2. The maximum Gasteiger partial charge on any atom is 0.0178 e. The van der Waals surface area contributed by atoms with Gasteiger partial charge >= 0.3 is 0 Å². The van der Waals surface area contributed by atoms with Gasteiger partial charge in [-0.3, -0.25) is 0 Å². The third kappa shape index (κ3) is 6.20. The van der Waals surface area contributed by atoms with E-state index in [2.05, 4.69) is 57.8 Å². The summed E-state index contributed by atoms with van der Waals surface area (Å²) in [4.78, 5) is 0. The molecule has 1 unspecified atom stereocenters. The summed E-state index contributed by atoms with van der Waals surface area (Å²) in [6.07, 6.45) is 2.32. The van der Waals surface area contributed by atoms with Crippen LogP contribution in [0.5, 0.6) is 0 Å². The zero-order chi connectivity index (χ0) is 12.5. The van der Waals surface area contributed by atoms with Crippen molar-refractivity contribution in [1.29, 1.82) is 0 Å².